The second kappa shape index (κ2) is 7.92. The number of likely N-dealkylation sites (tertiary alicyclic amines) is 1. The van der Waals surface area contributed by atoms with Gasteiger partial charge in [-0.2, -0.15) is 0 Å². The van der Waals surface area contributed by atoms with E-state index in [1.807, 2.05) is 0 Å². The second-order valence-corrected chi connectivity index (χ2v) is 8.76. The molecular formula is C20H20FN3O4S. The monoisotopic (exact) mass is 417 g/mol. The van der Waals surface area contributed by atoms with Crippen LogP contribution >= 0.6 is 0 Å². The largest absolute Gasteiger partial charge is 0.355 e. The summed E-state index contributed by atoms with van der Waals surface area (Å²) in [5, 5.41) is 4.24. The Morgan fingerprint density at radius 3 is 2.55 bits per heavy atom. The molecule has 0 radical (unpaired) electrons. The molecule has 2 heterocycles. The number of hydrogen-bond acceptors (Lipinski definition) is 5. The molecule has 0 atom stereocenters. The fraction of sp³-hybridized carbons (Fsp3) is 0.300. The molecule has 9 heteroatoms. The number of carbonyl (C=O) groups is 1. The zero-order valence-corrected chi connectivity index (χ0v) is 16.4. The van der Waals surface area contributed by atoms with Gasteiger partial charge in [0.15, 0.2) is 11.3 Å². The molecule has 4 rings (SSSR count). The van der Waals surface area contributed by atoms with Crippen LogP contribution in [0.4, 0.5) is 4.39 Å². The van der Waals surface area contributed by atoms with Crippen molar-refractivity contribution in [2.24, 2.45) is 0 Å². The molecule has 1 saturated heterocycles. The number of nitrogens with one attached hydrogen (secondary N) is 1. The first kappa shape index (κ1) is 19.5. The molecule has 1 amide bonds. The fourth-order valence-corrected chi connectivity index (χ4v) is 4.39. The number of nitrogens with zero attached hydrogens (tertiary/aromatic N) is 2. The van der Waals surface area contributed by atoms with Gasteiger partial charge in [-0.1, -0.05) is 17.3 Å². The molecule has 152 valence electrons. The normalized spacial score (nSPS) is 15.0. The van der Waals surface area contributed by atoms with Crippen LogP contribution in [0.2, 0.25) is 0 Å². The quantitative estimate of drug-likeness (QED) is 0.689. The summed E-state index contributed by atoms with van der Waals surface area (Å²) in [5.74, 6) is -0.641. The van der Waals surface area contributed by atoms with Gasteiger partial charge < -0.3 is 9.42 Å². The minimum Gasteiger partial charge on any atom is -0.355 e. The van der Waals surface area contributed by atoms with Crippen LogP contribution in [0, 0.1) is 5.82 Å². The molecule has 1 fully saturated rings. The summed E-state index contributed by atoms with van der Waals surface area (Å²) in [4.78, 5) is 14.5. The van der Waals surface area contributed by atoms with Crippen molar-refractivity contribution in [2.75, 3.05) is 13.1 Å². The lowest BCUT2D eigenvalue weighted by Crippen LogP contribution is -2.35. The van der Waals surface area contributed by atoms with E-state index >= 15 is 0 Å². The summed E-state index contributed by atoms with van der Waals surface area (Å²) in [6.07, 6.45) is 2.97. The third-order valence-corrected chi connectivity index (χ3v) is 6.38. The van der Waals surface area contributed by atoms with Gasteiger partial charge in [-0.05, 0) is 55.2 Å². The van der Waals surface area contributed by atoms with E-state index in [-0.39, 0.29) is 28.9 Å². The number of amides is 1. The Hall–Kier alpha value is -2.78. The zero-order valence-electron chi connectivity index (χ0n) is 15.6. The highest BCUT2D eigenvalue weighted by Gasteiger charge is 2.25. The van der Waals surface area contributed by atoms with Gasteiger partial charge in [0.1, 0.15) is 5.82 Å². The predicted molar refractivity (Wildman–Crippen MR) is 104 cm³/mol. The third-order valence-electron chi connectivity index (χ3n) is 4.98. The Labute approximate surface area is 167 Å². The summed E-state index contributed by atoms with van der Waals surface area (Å²) >= 11 is 0. The predicted octanol–water partition coefficient (Wildman–Crippen LogP) is 3.07. The average molecular weight is 417 g/mol. The Morgan fingerprint density at radius 2 is 1.83 bits per heavy atom. The van der Waals surface area contributed by atoms with Gasteiger partial charge in [0.25, 0.3) is 5.91 Å². The summed E-state index contributed by atoms with van der Waals surface area (Å²) < 4.78 is 46.1. The van der Waals surface area contributed by atoms with Crippen molar-refractivity contribution in [3.8, 4) is 0 Å². The van der Waals surface area contributed by atoms with E-state index in [0.717, 1.165) is 19.3 Å². The van der Waals surface area contributed by atoms with E-state index < -0.39 is 10.0 Å². The van der Waals surface area contributed by atoms with Crippen molar-refractivity contribution < 1.29 is 22.1 Å². The Morgan fingerprint density at radius 1 is 1.10 bits per heavy atom. The first-order valence-corrected chi connectivity index (χ1v) is 10.9. The van der Waals surface area contributed by atoms with E-state index in [1.165, 1.54) is 42.5 Å². The van der Waals surface area contributed by atoms with Crippen molar-refractivity contribution in [2.45, 2.75) is 30.7 Å². The molecule has 29 heavy (non-hydrogen) atoms. The van der Waals surface area contributed by atoms with Crippen LogP contribution in [0.5, 0.6) is 0 Å². The van der Waals surface area contributed by atoms with Crippen LogP contribution in [-0.4, -0.2) is 37.5 Å². The molecule has 7 nitrogen and oxygen atoms in total. The summed E-state index contributed by atoms with van der Waals surface area (Å²) in [5.41, 5.74) is 1.10. The smallest absolute Gasteiger partial charge is 0.276 e. The lowest BCUT2D eigenvalue weighted by atomic mass is 10.1. The minimum absolute atomic E-state index is 0.00278. The highest BCUT2D eigenvalue weighted by atomic mass is 32.2. The van der Waals surface area contributed by atoms with Crippen molar-refractivity contribution >= 4 is 26.9 Å². The highest BCUT2D eigenvalue weighted by Crippen LogP contribution is 2.24. The first-order valence-electron chi connectivity index (χ1n) is 9.37. The van der Waals surface area contributed by atoms with E-state index in [2.05, 4.69) is 9.88 Å². The van der Waals surface area contributed by atoms with Gasteiger partial charge in [0.2, 0.25) is 10.0 Å². The molecule has 2 aromatic carbocycles. The highest BCUT2D eigenvalue weighted by molar-refractivity contribution is 7.89. The van der Waals surface area contributed by atoms with Crippen molar-refractivity contribution in [3.63, 3.8) is 0 Å². The number of piperidine rings is 1. The van der Waals surface area contributed by atoms with Crippen LogP contribution in [0.3, 0.4) is 0 Å². The number of rotatable bonds is 5. The number of halogens is 1. The molecule has 0 saturated carbocycles. The maximum Gasteiger partial charge on any atom is 0.276 e. The molecule has 1 aromatic heterocycles. The molecule has 0 bridgehead atoms. The Bertz CT molecular complexity index is 1140. The molecule has 1 aliphatic heterocycles. The molecule has 0 unspecified atom stereocenters. The number of carbonyl (C=O) groups excluding carboxylic acids is 1. The Balaban J connectivity index is 1.58. The SMILES string of the molecule is O=C(c1noc2ccc(S(=O)(=O)NCc3ccc(F)cc3)cc12)N1CCCCC1. The van der Waals surface area contributed by atoms with E-state index in [9.17, 15) is 17.6 Å². The van der Waals surface area contributed by atoms with Gasteiger partial charge in [0, 0.05) is 19.6 Å². The maximum absolute atomic E-state index is 13.0. The zero-order chi connectivity index (χ0) is 20.4. The molecule has 0 spiro atoms. The van der Waals surface area contributed by atoms with E-state index in [0.29, 0.717) is 29.6 Å². The second-order valence-electron chi connectivity index (χ2n) is 6.99. The van der Waals surface area contributed by atoms with E-state index in [4.69, 9.17) is 4.52 Å². The van der Waals surface area contributed by atoms with Gasteiger partial charge in [0.05, 0.1) is 10.3 Å². The molecule has 3 aromatic rings. The standard InChI is InChI=1S/C20H20FN3O4S/c21-15-6-4-14(5-7-15)13-22-29(26,27)16-8-9-18-17(12-16)19(23-28-18)20(25)24-10-2-1-3-11-24/h4-9,12,22H,1-3,10-11,13H2. The summed E-state index contributed by atoms with van der Waals surface area (Å²) in [7, 11) is -3.84. The van der Waals surface area contributed by atoms with Crippen LogP contribution in [0.1, 0.15) is 35.3 Å². The number of aromatic nitrogens is 1. The first-order chi connectivity index (χ1) is 13.9. The summed E-state index contributed by atoms with van der Waals surface area (Å²) in [6, 6.07) is 9.84. The lowest BCUT2D eigenvalue weighted by molar-refractivity contribution is 0.0716. The molecule has 1 aliphatic rings. The van der Waals surface area contributed by atoms with Crippen LogP contribution in [-0.2, 0) is 16.6 Å². The van der Waals surface area contributed by atoms with Crippen LogP contribution in [0.25, 0.3) is 11.0 Å². The third kappa shape index (κ3) is 4.15. The van der Waals surface area contributed by atoms with Gasteiger partial charge in [-0.25, -0.2) is 17.5 Å². The number of hydrogen-bond donors (Lipinski definition) is 1. The van der Waals surface area contributed by atoms with E-state index in [1.54, 1.807) is 4.90 Å². The number of sulfonamides is 1. The Kier molecular flexibility index (Phi) is 5.33. The van der Waals surface area contributed by atoms with Gasteiger partial charge in [-0.3, -0.25) is 4.79 Å². The lowest BCUT2D eigenvalue weighted by Gasteiger charge is -2.25. The molecular weight excluding hydrogens is 397 g/mol. The minimum atomic E-state index is -3.84. The topological polar surface area (TPSA) is 92.5 Å². The number of benzene rings is 2. The average Bonchev–Trinajstić information content (AvgIpc) is 3.17. The summed E-state index contributed by atoms with van der Waals surface area (Å²) in [6.45, 7) is 1.33. The van der Waals surface area contributed by atoms with Gasteiger partial charge >= 0.3 is 0 Å². The fourth-order valence-electron chi connectivity index (χ4n) is 3.35. The van der Waals surface area contributed by atoms with Crippen LogP contribution in [0.15, 0.2) is 51.9 Å². The molecule has 0 aliphatic carbocycles. The van der Waals surface area contributed by atoms with Crippen molar-refractivity contribution in [3.05, 3.63) is 59.5 Å². The number of fused-ring (bicyclic) bond motifs is 1. The van der Waals surface area contributed by atoms with Crippen molar-refractivity contribution in [1.82, 2.24) is 14.8 Å². The van der Waals surface area contributed by atoms with Crippen molar-refractivity contribution in [1.29, 1.82) is 0 Å². The maximum atomic E-state index is 13.0. The molecule has 1 N–H and O–H groups in total. The van der Waals surface area contributed by atoms with Gasteiger partial charge in [-0.15, -0.1) is 0 Å². The van der Waals surface area contributed by atoms with Crippen LogP contribution < -0.4 is 4.72 Å².